The summed E-state index contributed by atoms with van der Waals surface area (Å²) in [4.78, 5) is 8.16. The van der Waals surface area contributed by atoms with Crippen molar-refractivity contribution in [2.75, 3.05) is 13.2 Å². The van der Waals surface area contributed by atoms with Crippen molar-refractivity contribution < 1.29 is 20.1 Å². The molecule has 0 aliphatic carbocycles. The van der Waals surface area contributed by atoms with E-state index in [1.165, 1.54) is 11.0 Å². The van der Waals surface area contributed by atoms with Crippen molar-refractivity contribution in [3.8, 4) is 0 Å². The van der Waals surface area contributed by atoms with Gasteiger partial charge in [0.2, 0.25) is 5.82 Å². The Morgan fingerprint density at radius 2 is 2.24 bits per heavy atom. The second-order valence-electron chi connectivity index (χ2n) is 4.90. The zero-order valence-corrected chi connectivity index (χ0v) is 11.8. The molecule has 21 heavy (non-hydrogen) atoms. The van der Waals surface area contributed by atoms with Crippen molar-refractivity contribution in [2.45, 2.75) is 44.3 Å². The smallest absolute Gasteiger partial charge is 0.216 e. The lowest BCUT2D eigenvalue weighted by molar-refractivity contribution is -0.0588. The maximum absolute atomic E-state index is 9.90. The van der Waals surface area contributed by atoms with Gasteiger partial charge in [-0.25, -0.2) is 9.67 Å². The van der Waals surface area contributed by atoms with Gasteiger partial charge in [0.25, 0.3) is 0 Å². The zero-order valence-electron chi connectivity index (χ0n) is 11.8. The third kappa shape index (κ3) is 3.38. The molecule has 2 rings (SSSR count). The molecule has 0 aromatic carbocycles. The normalized spacial score (nSPS) is 30.0. The molecule has 1 fully saturated rings. The number of hydrogen-bond donors (Lipinski definition) is 4. The summed E-state index contributed by atoms with van der Waals surface area (Å²) in [5.41, 5.74) is 5.78. The topological polar surface area (TPSA) is 139 Å². The van der Waals surface area contributed by atoms with Gasteiger partial charge in [-0.15, -0.1) is 5.10 Å². The molecule has 1 aliphatic rings. The van der Waals surface area contributed by atoms with Crippen molar-refractivity contribution in [1.82, 2.24) is 14.8 Å². The highest BCUT2D eigenvalue weighted by Gasteiger charge is 2.43. The Hall–Kier alpha value is -1.55. The Morgan fingerprint density at radius 1 is 1.48 bits per heavy atom. The molecule has 1 aliphatic heterocycles. The first-order valence-electron chi connectivity index (χ1n) is 6.92. The summed E-state index contributed by atoms with van der Waals surface area (Å²) in [5, 5.41) is 32.7. The number of nitrogens with two attached hydrogens (primary N) is 1. The minimum absolute atomic E-state index is 0.217. The number of aliphatic hydroxyl groups is 3. The minimum atomic E-state index is -1.20. The van der Waals surface area contributed by atoms with Crippen LogP contribution in [0.25, 0.3) is 0 Å². The van der Waals surface area contributed by atoms with Crippen LogP contribution in [0, 0.1) is 0 Å². The number of hydrogen-bond acceptors (Lipinski definition) is 7. The van der Waals surface area contributed by atoms with Crippen LogP contribution in [-0.2, 0) is 4.74 Å². The van der Waals surface area contributed by atoms with Crippen molar-refractivity contribution >= 4 is 5.84 Å². The molecule has 1 aromatic rings. The average Bonchev–Trinajstić information content (AvgIpc) is 3.06. The fraction of sp³-hybridized carbons (Fsp3) is 0.750. The maximum atomic E-state index is 9.90. The van der Waals surface area contributed by atoms with E-state index in [4.69, 9.17) is 15.6 Å². The van der Waals surface area contributed by atoms with Crippen molar-refractivity contribution in [3.63, 3.8) is 0 Å². The molecule has 1 aromatic heterocycles. The molecule has 0 saturated carbocycles. The molecule has 1 saturated heterocycles. The molecule has 0 amide bonds. The van der Waals surface area contributed by atoms with E-state index in [9.17, 15) is 10.2 Å². The van der Waals surface area contributed by atoms with Crippen LogP contribution in [0.15, 0.2) is 11.3 Å². The fourth-order valence-electron chi connectivity index (χ4n) is 2.04. The summed E-state index contributed by atoms with van der Waals surface area (Å²) in [6.45, 7) is 2.27. The van der Waals surface area contributed by atoms with Gasteiger partial charge in [0, 0.05) is 6.54 Å². The van der Waals surface area contributed by atoms with Crippen LogP contribution in [0.3, 0.4) is 0 Å². The number of rotatable bonds is 6. The first-order chi connectivity index (χ1) is 10.1. The monoisotopic (exact) mass is 299 g/mol. The summed E-state index contributed by atoms with van der Waals surface area (Å²) in [7, 11) is 0. The third-order valence-electron chi connectivity index (χ3n) is 3.31. The molecule has 0 spiro atoms. The number of aromatic nitrogens is 3. The SMILES string of the molecule is CCCCN=C(N)c1ncn([C@@H]2O[C@H](CO)[C@@H](O)[C@H]2O)n1. The molecular formula is C12H21N5O4. The van der Waals surface area contributed by atoms with Crippen LogP contribution in [0.1, 0.15) is 31.8 Å². The van der Waals surface area contributed by atoms with E-state index < -0.39 is 31.1 Å². The molecule has 9 nitrogen and oxygen atoms in total. The number of nitrogens with zero attached hydrogens (tertiary/aromatic N) is 4. The molecule has 2 heterocycles. The predicted molar refractivity (Wildman–Crippen MR) is 73.5 cm³/mol. The summed E-state index contributed by atoms with van der Waals surface area (Å²) in [6, 6.07) is 0. The van der Waals surface area contributed by atoms with Crippen LogP contribution in [0.4, 0.5) is 0 Å². The van der Waals surface area contributed by atoms with Crippen LogP contribution < -0.4 is 5.73 Å². The van der Waals surface area contributed by atoms with Gasteiger partial charge in [0.1, 0.15) is 24.6 Å². The molecule has 5 N–H and O–H groups in total. The van der Waals surface area contributed by atoms with E-state index in [1.54, 1.807) is 0 Å². The zero-order chi connectivity index (χ0) is 15.4. The van der Waals surface area contributed by atoms with E-state index in [1.807, 2.05) is 0 Å². The highest BCUT2D eigenvalue weighted by atomic mass is 16.6. The van der Waals surface area contributed by atoms with Gasteiger partial charge >= 0.3 is 0 Å². The van der Waals surface area contributed by atoms with Crippen molar-refractivity contribution in [1.29, 1.82) is 0 Å². The van der Waals surface area contributed by atoms with Crippen molar-refractivity contribution in [2.24, 2.45) is 10.7 Å². The number of unbranched alkanes of at least 4 members (excludes halogenated alkanes) is 1. The van der Waals surface area contributed by atoms with Crippen LogP contribution in [-0.4, -0.2) is 67.4 Å². The molecule has 118 valence electrons. The van der Waals surface area contributed by atoms with Gasteiger partial charge < -0.3 is 25.8 Å². The van der Waals surface area contributed by atoms with Gasteiger partial charge in [-0.3, -0.25) is 4.99 Å². The van der Waals surface area contributed by atoms with Crippen molar-refractivity contribution in [3.05, 3.63) is 12.2 Å². The molecule has 0 bridgehead atoms. The highest BCUT2D eigenvalue weighted by Crippen LogP contribution is 2.28. The Morgan fingerprint density at radius 3 is 2.86 bits per heavy atom. The second-order valence-corrected chi connectivity index (χ2v) is 4.90. The molecule has 0 radical (unpaired) electrons. The quantitative estimate of drug-likeness (QED) is 0.282. The average molecular weight is 299 g/mol. The summed E-state index contributed by atoms with van der Waals surface area (Å²) >= 11 is 0. The van der Waals surface area contributed by atoms with Crippen LogP contribution in [0.2, 0.25) is 0 Å². The van der Waals surface area contributed by atoms with Gasteiger partial charge in [0.15, 0.2) is 12.1 Å². The maximum Gasteiger partial charge on any atom is 0.216 e. The minimum Gasteiger partial charge on any atom is -0.394 e. The van der Waals surface area contributed by atoms with Crippen LogP contribution in [0.5, 0.6) is 0 Å². The lowest BCUT2D eigenvalue weighted by Crippen LogP contribution is -2.33. The second kappa shape index (κ2) is 6.94. The molecular weight excluding hydrogens is 278 g/mol. The largest absolute Gasteiger partial charge is 0.394 e. The van der Waals surface area contributed by atoms with Crippen LogP contribution >= 0.6 is 0 Å². The Balaban J connectivity index is 2.08. The lowest BCUT2D eigenvalue weighted by atomic mass is 10.1. The fourth-order valence-corrected chi connectivity index (χ4v) is 2.04. The molecule has 9 heteroatoms. The van der Waals surface area contributed by atoms with E-state index in [0.29, 0.717) is 6.54 Å². The Bertz CT molecular complexity index is 492. The lowest BCUT2D eigenvalue weighted by Gasteiger charge is -2.13. The molecule has 0 unspecified atom stereocenters. The Labute approximate surface area is 122 Å². The van der Waals surface area contributed by atoms with E-state index in [-0.39, 0.29) is 11.7 Å². The van der Waals surface area contributed by atoms with Gasteiger partial charge in [0.05, 0.1) is 6.61 Å². The summed E-state index contributed by atoms with van der Waals surface area (Å²) in [6.07, 6.45) is -0.858. The van der Waals surface area contributed by atoms with Gasteiger partial charge in [-0.05, 0) is 6.42 Å². The standard InChI is InChI=1S/C12H21N5O4/c1-2-3-4-14-10(13)11-15-6-17(16-11)12-9(20)8(19)7(5-18)21-12/h6-9,12,18-20H,2-5H2,1H3,(H2,13,14)/t7-,8-,9-,12-/m1/s1. The number of amidine groups is 1. The molecule has 4 atom stereocenters. The first kappa shape index (κ1) is 15.8. The van der Waals surface area contributed by atoms with E-state index in [2.05, 4.69) is 22.0 Å². The first-order valence-corrected chi connectivity index (χ1v) is 6.92. The third-order valence-corrected chi connectivity index (χ3v) is 3.31. The number of aliphatic hydroxyl groups excluding tert-OH is 3. The van der Waals surface area contributed by atoms with E-state index in [0.717, 1.165) is 12.8 Å². The summed E-state index contributed by atoms with van der Waals surface area (Å²) in [5.74, 6) is 0.456. The highest BCUT2D eigenvalue weighted by molar-refractivity contribution is 5.93. The number of ether oxygens (including phenoxy) is 1. The van der Waals surface area contributed by atoms with Gasteiger partial charge in [-0.2, -0.15) is 0 Å². The summed E-state index contributed by atoms with van der Waals surface area (Å²) < 4.78 is 6.61. The predicted octanol–water partition coefficient (Wildman–Crippen LogP) is -1.60. The van der Waals surface area contributed by atoms with Gasteiger partial charge in [-0.1, -0.05) is 13.3 Å². The Kier molecular flexibility index (Phi) is 5.23. The van der Waals surface area contributed by atoms with E-state index >= 15 is 0 Å². The number of aliphatic imine (C=N–C) groups is 1.